The van der Waals surface area contributed by atoms with E-state index in [-0.39, 0.29) is 5.82 Å². The van der Waals surface area contributed by atoms with Gasteiger partial charge in [0.05, 0.1) is 37.2 Å². The van der Waals surface area contributed by atoms with Gasteiger partial charge in [-0.25, -0.2) is 9.37 Å². The molecular formula is C27H23FN2O3S. The Bertz CT molecular complexity index is 1460. The van der Waals surface area contributed by atoms with E-state index in [4.69, 9.17) is 14.2 Å². The van der Waals surface area contributed by atoms with Gasteiger partial charge in [-0.05, 0) is 73.7 Å². The van der Waals surface area contributed by atoms with Crippen molar-refractivity contribution >= 4 is 21.6 Å². The fourth-order valence-electron chi connectivity index (χ4n) is 4.11. The van der Waals surface area contributed by atoms with Gasteiger partial charge in [0, 0.05) is 22.5 Å². The smallest absolute Gasteiger partial charge is 0.203 e. The van der Waals surface area contributed by atoms with Gasteiger partial charge in [-0.3, -0.25) is 0 Å². The van der Waals surface area contributed by atoms with Gasteiger partial charge in [0.1, 0.15) is 10.8 Å². The van der Waals surface area contributed by atoms with Crippen LogP contribution in [0.15, 0.2) is 66.7 Å². The number of halogens is 1. The van der Waals surface area contributed by atoms with Crippen LogP contribution in [0.5, 0.6) is 17.2 Å². The van der Waals surface area contributed by atoms with Crippen LogP contribution < -0.4 is 14.2 Å². The molecule has 0 spiro atoms. The number of fused-ring (bicyclic) bond motifs is 1. The maximum Gasteiger partial charge on any atom is 0.203 e. The summed E-state index contributed by atoms with van der Waals surface area (Å²) < 4.78 is 33.1. The van der Waals surface area contributed by atoms with E-state index in [9.17, 15) is 4.39 Å². The molecule has 0 saturated heterocycles. The molecule has 2 heterocycles. The molecule has 5 rings (SSSR count). The topological polar surface area (TPSA) is 45.5 Å². The first kappa shape index (κ1) is 22.0. The molecule has 0 atom stereocenters. The summed E-state index contributed by atoms with van der Waals surface area (Å²) in [6.07, 6.45) is 0. The van der Waals surface area contributed by atoms with Gasteiger partial charge in [0.15, 0.2) is 11.5 Å². The Labute approximate surface area is 201 Å². The highest BCUT2D eigenvalue weighted by Gasteiger charge is 2.17. The highest BCUT2D eigenvalue weighted by Crippen LogP contribution is 2.42. The van der Waals surface area contributed by atoms with Gasteiger partial charge in [-0.1, -0.05) is 0 Å². The minimum absolute atomic E-state index is 0.250. The lowest BCUT2D eigenvalue weighted by atomic mass is 10.1. The lowest BCUT2D eigenvalue weighted by Crippen LogP contribution is -2.00. The van der Waals surface area contributed by atoms with Gasteiger partial charge >= 0.3 is 0 Å². The number of thiazole rings is 1. The summed E-state index contributed by atoms with van der Waals surface area (Å²) in [6.45, 7) is 2.07. The highest BCUT2D eigenvalue weighted by molar-refractivity contribution is 7.21. The number of ether oxygens (including phenoxy) is 3. The number of nitrogens with zero attached hydrogens (tertiary/aromatic N) is 2. The van der Waals surface area contributed by atoms with E-state index < -0.39 is 0 Å². The molecule has 0 unspecified atom stereocenters. The fourth-order valence-corrected chi connectivity index (χ4v) is 5.11. The standard InChI is InChI=1S/C27H23FN2O3S/c1-16-5-12-22(18-13-23(31-2)26(33-4)24(14-18)32-3)30(16)20-9-6-17(7-10-20)27-29-21-11-8-19(28)15-25(21)34-27/h5-15H,1-4H3. The highest BCUT2D eigenvalue weighted by atomic mass is 32.1. The van der Waals surface area contributed by atoms with Gasteiger partial charge in [-0.15, -0.1) is 11.3 Å². The predicted octanol–water partition coefficient (Wildman–Crippen LogP) is 6.89. The molecule has 0 N–H and O–H groups in total. The summed E-state index contributed by atoms with van der Waals surface area (Å²) in [5, 5.41) is 0.862. The zero-order valence-electron chi connectivity index (χ0n) is 19.3. The molecule has 0 bridgehead atoms. The minimum atomic E-state index is -0.250. The third-order valence-corrected chi connectivity index (χ3v) is 6.83. The van der Waals surface area contributed by atoms with Crippen LogP contribution in [0.4, 0.5) is 4.39 Å². The zero-order valence-corrected chi connectivity index (χ0v) is 20.1. The van der Waals surface area contributed by atoms with Crippen molar-refractivity contribution in [2.45, 2.75) is 6.92 Å². The maximum absolute atomic E-state index is 13.6. The molecule has 0 aliphatic rings. The molecule has 0 saturated carbocycles. The normalized spacial score (nSPS) is 11.1. The van der Waals surface area contributed by atoms with E-state index in [0.717, 1.165) is 43.4 Å². The Morgan fingerprint density at radius 2 is 1.50 bits per heavy atom. The summed E-state index contributed by atoms with van der Waals surface area (Å²) >= 11 is 1.49. The second-order valence-electron chi connectivity index (χ2n) is 7.79. The summed E-state index contributed by atoms with van der Waals surface area (Å²) in [5.41, 5.74) is 5.84. The molecular weight excluding hydrogens is 451 g/mol. The van der Waals surface area contributed by atoms with Crippen molar-refractivity contribution in [2.75, 3.05) is 21.3 Å². The molecule has 172 valence electrons. The number of hydrogen-bond donors (Lipinski definition) is 0. The van der Waals surface area contributed by atoms with Crippen LogP contribution in [0.2, 0.25) is 0 Å². The summed E-state index contributed by atoms with van der Waals surface area (Å²) in [5.74, 6) is 1.51. The number of hydrogen-bond acceptors (Lipinski definition) is 5. The maximum atomic E-state index is 13.6. The third kappa shape index (κ3) is 3.78. The Balaban J connectivity index is 1.55. The Kier molecular flexibility index (Phi) is 5.71. The number of rotatable bonds is 6. The Morgan fingerprint density at radius 1 is 0.794 bits per heavy atom. The lowest BCUT2D eigenvalue weighted by molar-refractivity contribution is 0.324. The number of methoxy groups -OCH3 is 3. The summed E-state index contributed by atoms with van der Waals surface area (Å²) in [7, 11) is 4.82. The van der Waals surface area contributed by atoms with Crippen molar-refractivity contribution in [3.63, 3.8) is 0 Å². The Hall–Kier alpha value is -3.84. The molecule has 2 aromatic heterocycles. The quantitative estimate of drug-likeness (QED) is 0.269. The van der Waals surface area contributed by atoms with E-state index in [0.29, 0.717) is 17.2 Å². The van der Waals surface area contributed by atoms with Crippen LogP contribution in [0, 0.1) is 12.7 Å². The van der Waals surface area contributed by atoms with E-state index in [1.54, 1.807) is 27.4 Å². The van der Waals surface area contributed by atoms with Crippen molar-refractivity contribution in [1.82, 2.24) is 9.55 Å². The zero-order chi connectivity index (χ0) is 23.8. The molecule has 5 nitrogen and oxygen atoms in total. The second kappa shape index (κ2) is 8.83. The van der Waals surface area contributed by atoms with Crippen LogP contribution >= 0.6 is 11.3 Å². The van der Waals surface area contributed by atoms with E-state index >= 15 is 0 Å². The van der Waals surface area contributed by atoms with Crippen molar-refractivity contribution < 1.29 is 18.6 Å². The molecule has 3 aromatic carbocycles. The minimum Gasteiger partial charge on any atom is -0.493 e. The van der Waals surface area contributed by atoms with E-state index in [2.05, 4.69) is 40.7 Å². The Morgan fingerprint density at radius 3 is 2.15 bits per heavy atom. The van der Waals surface area contributed by atoms with Crippen LogP contribution in [-0.2, 0) is 0 Å². The first-order chi connectivity index (χ1) is 16.5. The van der Waals surface area contributed by atoms with Gasteiger partial charge < -0.3 is 18.8 Å². The summed E-state index contributed by atoms with van der Waals surface area (Å²) in [6, 6.07) is 20.9. The SMILES string of the molecule is COc1cc(-c2ccc(C)n2-c2ccc(-c3nc4ccc(F)cc4s3)cc2)cc(OC)c1OC. The monoisotopic (exact) mass is 474 g/mol. The molecule has 0 amide bonds. The average molecular weight is 475 g/mol. The van der Waals surface area contributed by atoms with E-state index in [1.165, 1.54) is 23.5 Å². The molecule has 34 heavy (non-hydrogen) atoms. The van der Waals surface area contributed by atoms with Crippen LogP contribution in [0.3, 0.4) is 0 Å². The fraction of sp³-hybridized carbons (Fsp3) is 0.148. The molecule has 0 radical (unpaired) electrons. The second-order valence-corrected chi connectivity index (χ2v) is 8.82. The van der Waals surface area contributed by atoms with E-state index in [1.807, 2.05) is 24.3 Å². The van der Waals surface area contributed by atoms with Crippen molar-refractivity contribution in [3.8, 4) is 44.8 Å². The van der Waals surface area contributed by atoms with Crippen LogP contribution in [0.25, 0.3) is 37.7 Å². The van der Waals surface area contributed by atoms with Gasteiger partial charge in [-0.2, -0.15) is 0 Å². The first-order valence-electron chi connectivity index (χ1n) is 10.7. The first-order valence-corrected chi connectivity index (χ1v) is 11.5. The number of aryl methyl sites for hydroxylation is 1. The van der Waals surface area contributed by atoms with Crippen molar-refractivity contribution in [1.29, 1.82) is 0 Å². The molecule has 0 aliphatic heterocycles. The molecule has 0 aliphatic carbocycles. The average Bonchev–Trinajstić information content (AvgIpc) is 3.46. The van der Waals surface area contributed by atoms with Crippen molar-refractivity contribution in [3.05, 3.63) is 78.2 Å². The predicted molar refractivity (Wildman–Crippen MR) is 134 cm³/mol. The van der Waals surface area contributed by atoms with Crippen molar-refractivity contribution in [2.24, 2.45) is 0 Å². The van der Waals surface area contributed by atoms with Crippen LogP contribution in [0.1, 0.15) is 5.69 Å². The number of aromatic nitrogens is 2. The largest absolute Gasteiger partial charge is 0.493 e. The lowest BCUT2D eigenvalue weighted by Gasteiger charge is -2.16. The summed E-state index contributed by atoms with van der Waals surface area (Å²) in [4.78, 5) is 4.66. The van der Waals surface area contributed by atoms with Gasteiger partial charge in [0.25, 0.3) is 0 Å². The molecule has 0 fully saturated rings. The van der Waals surface area contributed by atoms with Gasteiger partial charge in [0.2, 0.25) is 5.75 Å². The molecule has 5 aromatic rings. The molecule has 7 heteroatoms. The third-order valence-electron chi connectivity index (χ3n) is 5.76. The van der Waals surface area contributed by atoms with Crippen LogP contribution in [-0.4, -0.2) is 30.9 Å². The number of benzene rings is 3.